The number of carbonyl (C=O) groups is 2. The number of nitrogen functional groups attached to an aromatic ring is 1. The SMILES string of the molecule is CCC(C)NC(=O)CCNC(=O)c1cc(Cl)c(N)cc1OC. The lowest BCUT2D eigenvalue weighted by Gasteiger charge is -2.13. The number of methoxy groups -OCH3 is 1. The molecule has 0 aliphatic rings. The molecule has 1 rings (SSSR count). The van der Waals surface area contributed by atoms with Crippen molar-refractivity contribution in [3.63, 3.8) is 0 Å². The van der Waals surface area contributed by atoms with Crippen molar-refractivity contribution in [2.24, 2.45) is 0 Å². The normalized spacial score (nSPS) is 11.6. The highest BCUT2D eigenvalue weighted by molar-refractivity contribution is 6.33. The Morgan fingerprint density at radius 3 is 2.68 bits per heavy atom. The molecular weight excluding hydrogens is 306 g/mol. The minimum atomic E-state index is -0.366. The van der Waals surface area contributed by atoms with Crippen molar-refractivity contribution in [3.8, 4) is 5.75 Å². The summed E-state index contributed by atoms with van der Waals surface area (Å²) in [5, 5.41) is 5.77. The molecule has 0 heterocycles. The van der Waals surface area contributed by atoms with Crippen LogP contribution in [0.2, 0.25) is 5.02 Å². The first kappa shape index (κ1) is 18.1. The van der Waals surface area contributed by atoms with Gasteiger partial charge in [-0.05, 0) is 19.4 Å². The minimum absolute atomic E-state index is 0.100. The topological polar surface area (TPSA) is 93.5 Å². The average molecular weight is 328 g/mol. The van der Waals surface area contributed by atoms with Crippen LogP contribution in [-0.2, 0) is 4.79 Å². The largest absolute Gasteiger partial charge is 0.496 e. The Labute approximate surface area is 135 Å². The maximum atomic E-state index is 12.1. The van der Waals surface area contributed by atoms with Crippen LogP contribution < -0.4 is 21.1 Å². The smallest absolute Gasteiger partial charge is 0.255 e. The van der Waals surface area contributed by atoms with E-state index in [4.69, 9.17) is 22.1 Å². The third-order valence-electron chi connectivity index (χ3n) is 3.22. The minimum Gasteiger partial charge on any atom is -0.496 e. The molecule has 0 aliphatic heterocycles. The van der Waals surface area contributed by atoms with Crippen LogP contribution in [0.1, 0.15) is 37.0 Å². The Morgan fingerprint density at radius 2 is 2.09 bits per heavy atom. The van der Waals surface area contributed by atoms with Crippen LogP contribution in [0.15, 0.2) is 12.1 Å². The molecule has 0 aromatic heterocycles. The van der Waals surface area contributed by atoms with E-state index < -0.39 is 0 Å². The van der Waals surface area contributed by atoms with Crippen LogP contribution in [0.3, 0.4) is 0 Å². The summed E-state index contributed by atoms with van der Waals surface area (Å²) in [5.41, 5.74) is 6.29. The second kappa shape index (κ2) is 8.48. The Hall–Kier alpha value is -1.95. The third-order valence-corrected chi connectivity index (χ3v) is 3.55. The number of nitrogens with two attached hydrogens (primary N) is 1. The van der Waals surface area contributed by atoms with Gasteiger partial charge in [0.15, 0.2) is 0 Å². The van der Waals surface area contributed by atoms with E-state index in [1.165, 1.54) is 19.2 Å². The standard InChI is InChI=1S/C15H22ClN3O3/c1-4-9(2)19-14(20)5-6-18-15(21)10-7-11(16)12(17)8-13(10)22-3/h7-9H,4-6,17H2,1-3H3,(H,18,21)(H,19,20). The highest BCUT2D eigenvalue weighted by atomic mass is 35.5. The van der Waals surface area contributed by atoms with E-state index >= 15 is 0 Å². The number of carbonyl (C=O) groups excluding carboxylic acids is 2. The zero-order chi connectivity index (χ0) is 16.7. The van der Waals surface area contributed by atoms with Gasteiger partial charge in [-0.25, -0.2) is 0 Å². The molecule has 7 heteroatoms. The van der Waals surface area contributed by atoms with E-state index in [-0.39, 0.29) is 41.4 Å². The molecule has 6 nitrogen and oxygen atoms in total. The van der Waals surface area contributed by atoms with Gasteiger partial charge in [0.25, 0.3) is 5.91 Å². The molecule has 0 radical (unpaired) electrons. The summed E-state index contributed by atoms with van der Waals surface area (Å²) >= 11 is 5.92. The lowest BCUT2D eigenvalue weighted by molar-refractivity contribution is -0.121. The van der Waals surface area contributed by atoms with Crippen LogP contribution in [-0.4, -0.2) is 31.5 Å². The molecule has 2 amide bonds. The molecule has 4 N–H and O–H groups in total. The fourth-order valence-electron chi connectivity index (χ4n) is 1.75. The molecular formula is C15H22ClN3O3. The molecule has 0 spiro atoms. The molecule has 0 bridgehead atoms. The molecule has 0 saturated heterocycles. The first-order valence-electron chi connectivity index (χ1n) is 7.09. The maximum Gasteiger partial charge on any atom is 0.255 e. The second-order valence-corrected chi connectivity index (χ2v) is 5.36. The van der Waals surface area contributed by atoms with Gasteiger partial charge in [0.05, 0.1) is 23.4 Å². The summed E-state index contributed by atoms with van der Waals surface area (Å²) in [7, 11) is 1.44. The van der Waals surface area contributed by atoms with Gasteiger partial charge in [0.2, 0.25) is 5.91 Å². The molecule has 22 heavy (non-hydrogen) atoms. The van der Waals surface area contributed by atoms with E-state index in [2.05, 4.69) is 10.6 Å². The van der Waals surface area contributed by atoms with E-state index in [9.17, 15) is 9.59 Å². The third kappa shape index (κ3) is 5.11. The van der Waals surface area contributed by atoms with E-state index in [0.29, 0.717) is 11.4 Å². The number of amides is 2. The van der Waals surface area contributed by atoms with Gasteiger partial charge in [-0.15, -0.1) is 0 Å². The lowest BCUT2D eigenvalue weighted by atomic mass is 10.1. The number of halogens is 1. The van der Waals surface area contributed by atoms with Crippen molar-refractivity contribution in [2.45, 2.75) is 32.7 Å². The molecule has 1 aromatic rings. The first-order valence-corrected chi connectivity index (χ1v) is 7.47. The fraction of sp³-hybridized carbons (Fsp3) is 0.467. The van der Waals surface area contributed by atoms with Crippen LogP contribution in [0.5, 0.6) is 5.75 Å². The van der Waals surface area contributed by atoms with Crippen molar-refractivity contribution < 1.29 is 14.3 Å². The van der Waals surface area contributed by atoms with Gasteiger partial charge in [-0.1, -0.05) is 18.5 Å². The predicted molar refractivity (Wildman–Crippen MR) is 87.3 cm³/mol. The quantitative estimate of drug-likeness (QED) is 0.667. The fourth-order valence-corrected chi connectivity index (χ4v) is 1.91. The van der Waals surface area contributed by atoms with E-state index in [0.717, 1.165) is 6.42 Å². The molecule has 1 atom stereocenters. The van der Waals surface area contributed by atoms with E-state index in [1.54, 1.807) is 0 Å². The van der Waals surface area contributed by atoms with E-state index in [1.807, 2.05) is 13.8 Å². The first-order chi connectivity index (χ1) is 10.4. The number of anilines is 1. The molecule has 0 fully saturated rings. The number of benzene rings is 1. The Balaban J connectivity index is 2.59. The van der Waals surface area contributed by atoms with Crippen LogP contribution in [0.25, 0.3) is 0 Å². The van der Waals surface area contributed by atoms with Crippen LogP contribution in [0.4, 0.5) is 5.69 Å². The predicted octanol–water partition coefficient (Wildman–Crippen LogP) is 1.97. The highest BCUT2D eigenvalue weighted by Gasteiger charge is 2.15. The molecule has 122 valence electrons. The van der Waals surface area contributed by atoms with Gasteiger partial charge >= 0.3 is 0 Å². The summed E-state index contributed by atoms with van der Waals surface area (Å²) < 4.78 is 5.12. The Kier molecular flexibility index (Phi) is 6.98. The molecule has 1 unspecified atom stereocenters. The zero-order valence-electron chi connectivity index (χ0n) is 13.0. The van der Waals surface area contributed by atoms with Crippen molar-refractivity contribution >= 4 is 29.1 Å². The number of hydrogen-bond acceptors (Lipinski definition) is 4. The number of ether oxygens (including phenoxy) is 1. The summed E-state index contributed by atoms with van der Waals surface area (Å²) in [4.78, 5) is 23.8. The Morgan fingerprint density at radius 1 is 1.41 bits per heavy atom. The molecule has 1 aromatic carbocycles. The van der Waals surface area contributed by atoms with Crippen LogP contribution >= 0.6 is 11.6 Å². The van der Waals surface area contributed by atoms with Gasteiger partial charge in [0, 0.05) is 25.1 Å². The summed E-state index contributed by atoms with van der Waals surface area (Å²) in [6.45, 7) is 4.15. The number of rotatable bonds is 7. The average Bonchev–Trinajstić information content (AvgIpc) is 2.49. The molecule has 0 aliphatic carbocycles. The monoisotopic (exact) mass is 327 g/mol. The van der Waals surface area contributed by atoms with Crippen molar-refractivity contribution in [3.05, 3.63) is 22.7 Å². The number of nitrogens with one attached hydrogen (secondary N) is 2. The van der Waals surface area contributed by atoms with Gasteiger partial charge < -0.3 is 21.1 Å². The summed E-state index contributed by atoms with van der Waals surface area (Å²) in [5.74, 6) is -0.129. The van der Waals surface area contributed by atoms with Gasteiger partial charge in [0.1, 0.15) is 5.75 Å². The second-order valence-electron chi connectivity index (χ2n) is 4.96. The summed E-state index contributed by atoms with van der Waals surface area (Å²) in [6.07, 6.45) is 1.07. The van der Waals surface area contributed by atoms with Gasteiger partial charge in [-0.3, -0.25) is 9.59 Å². The van der Waals surface area contributed by atoms with Gasteiger partial charge in [-0.2, -0.15) is 0 Å². The molecule has 0 saturated carbocycles. The highest BCUT2D eigenvalue weighted by Crippen LogP contribution is 2.28. The summed E-state index contributed by atoms with van der Waals surface area (Å²) in [6, 6.07) is 3.07. The van der Waals surface area contributed by atoms with Crippen molar-refractivity contribution in [1.82, 2.24) is 10.6 Å². The Bertz CT molecular complexity index is 549. The number of hydrogen-bond donors (Lipinski definition) is 3. The van der Waals surface area contributed by atoms with Crippen molar-refractivity contribution in [1.29, 1.82) is 0 Å². The maximum absolute atomic E-state index is 12.1. The lowest BCUT2D eigenvalue weighted by Crippen LogP contribution is -2.35. The van der Waals surface area contributed by atoms with Crippen molar-refractivity contribution in [2.75, 3.05) is 19.4 Å². The van der Waals surface area contributed by atoms with Crippen LogP contribution in [0, 0.1) is 0 Å². The zero-order valence-corrected chi connectivity index (χ0v) is 13.8.